The maximum absolute atomic E-state index is 11.7. The minimum atomic E-state index is -1.01. The van der Waals surface area contributed by atoms with E-state index in [-0.39, 0.29) is 25.2 Å². The molecule has 0 aliphatic heterocycles. The van der Waals surface area contributed by atoms with E-state index < -0.39 is 18.2 Å². The Kier molecular flexibility index (Phi) is 7.60. The van der Waals surface area contributed by atoms with E-state index in [0.29, 0.717) is 18.5 Å². The zero-order valence-corrected chi connectivity index (χ0v) is 11.8. The average molecular weight is 295 g/mol. The second kappa shape index (κ2) is 9.23. The molecule has 0 aliphatic carbocycles. The van der Waals surface area contributed by atoms with E-state index >= 15 is 0 Å². The van der Waals surface area contributed by atoms with Crippen LogP contribution in [0.15, 0.2) is 30.3 Å². The van der Waals surface area contributed by atoms with Gasteiger partial charge in [0, 0.05) is 5.56 Å². The van der Waals surface area contributed by atoms with Gasteiger partial charge in [0.1, 0.15) is 0 Å². The van der Waals surface area contributed by atoms with Crippen molar-refractivity contribution < 1.29 is 24.5 Å². The van der Waals surface area contributed by atoms with Crippen molar-refractivity contribution in [3.63, 3.8) is 0 Å². The zero-order valence-electron chi connectivity index (χ0n) is 11.8. The largest absolute Gasteiger partial charge is 0.457 e. The smallest absolute Gasteiger partial charge is 0.308 e. The van der Waals surface area contributed by atoms with Gasteiger partial charge in [-0.25, -0.2) is 0 Å². The van der Waals surface area contributed by atoms with Gasteiger partial charge in [0.2, 0.25) is 0 Å². The number of rotatable bonds is 9. The van der Waals surface area contributed by atoms with Crippen LogP contribution in [0.25, 0.3) is 0 Å². The summed E-state index contributed by atoms with van der Waals surface area (Å²) in [6.45, 7) is -0.0508. The molecule has 21 heavy (non-hydrogen) atoms. The van der Waals surface area contributed by atoms with Crippen LogP contribution in [0.5, 0.6) is 0 Å². The predicted molar refractivity (Wildman–Crippen MR) is 76.7 cm³/mol. The molecule has 0 radical (unpaired) electrons. The van der Waals surface area contributed by atoms with E-state index in [2.05, 4.69) is 0 Å². The van der Waals surface area contributed by atoms with E-state index in [1.807, 2.05) is 0 Å². The Hall–Kier alpha value is -1.76. The molecular weight excluding hydrogens is 274 g/mol. The molecule has 0 saturated carbocycles. The number of ketones is 1. The van der Waals surface area contributed by atoms with Gasteiger partial charge in [0.05, 0.1) is 18.6 Å². The number of hydrogen-bond acceptors (Lipinski definition) is 6. The minimum Gasteiger partial charge on any atom is -0.457 e. The lowest BCUT2D eigenvalue weighted by atomic mass is 10.1. The summed E-state index contributed by atoms with van der Waals surface area (Å²) in [5, 5.41) is 19.1. The molecule has 2 unspecified atom stereocenters. The summed E-state index contributed by atoms with van der Waals surface area (Å²) >= 11 is 0. The molecule has 1 aromatic rings. The molecule has 0 fully saturated rings. The molecule has 6 nitrogen and oxygen atoms in total. The van der Waals surface area contributed by atoms with Crippen LogP contribution in [-0.2, 0) is 9.53 Å². The highest BCUT2D eigenvalue weighted by atomic mass is 16.5. The third-order valence-corrected chi connectivity index (χ3v) is 2.91. The van der Waals surface area contributed by atoms with Crippen LogP contribution in [0.3, 0.4) is 0 Å². The number of nitrogens with two attached hydrogens (primary N) is 1. The highest BCUT2D eigenvalue weighted by molar-refractivity contribution is 5.97. The summed E-state index contributed by atoms with van der Waals surface area (Å²) in [6, 6.07) is 8.49. The normalized spacial score (nSPS) is 13.5. The van der Waals surface area contributed by atoms with E-state index in [0.717, 1.165) is 0 Å². The molecule has 4 N–H and O–H groups in total. The number of benzene rings is 1. The SMILES string of the molecule is NCCC(O)CC(O)CC(=O)OCC(=O)c1ccccc1. The predicted octanol–water partition coefficient (Wildman–Crippen LogP) is 0.263. The van der Waals surface area contributed by atoms with E-state index in [1.165, 1.54) is 0 Å². The third-order valence-electron chi connectivity index (χ3n) is 2.91. The van der Waals surface area contributed by atoms with Crippen molar-refractivity contribution in [2.75, 3.05) is 13.2 Å². The molecule has 0 aromatic heterocycles. The van der Waals surface area contributed by atoms with Crippen LogP contribution in [0.4, 0.5) is 0 Å². The molecule has 0 bridgehead atoms. The molecule has 116 valence electrons. The monoisotopic (exact) mass is 295 g/mol. The second-order valence-corrected chi connectivity index (χ2v) is 4.77. The highest BCUT2D eigenvalue weighted by Gasteiger charge is 2.17. The highest BCUT2D eigenvalue weighted by Crippen LogP contribution is 2.07. The number of esters is 1. The summed E-state index contributed by atoms with van der Waals surface area (Å²) in [5.74, 6) is -0.978. The fraction of sp³-hybridized carbons (Fsp3) is 0.467. The van der Waals surface area contributed by atoms with Gasteiger partial charge in [-0.15, -0.1) is 0 Å². The standard InChI is InChI=1S/C15H21NO5/c16-7-6-12(17)8-13(18)9-15(20)21-10-14(19)11-4-2-1-3-5-11/h1-5,12-13,17-18H,6-10,16H2. The van der Waals surface area contributed by atoms with Gasteiger partial charge in [-0.2, -0.15) is 0 Å². The van der Waals surface area contributed by atoms with Crippen LogP contribution in [0, 0.1) is 0 Å². The first-order valence-electron chi connectivity index (χ1n) is 6.83. The maximum Gasteiger partial charge on any atom is 0.308 e. The van der Waals surface area contributed by atoms with Gasteiger partial charge in [0.25, 0.3) is 0 Å². The van der Waals surface area contributed by atoms with Crippen molar-refractivity contribution in [1.29, 1.82) is 0 Å². The number of Topliss-reactive ketones (excluding diaryl/α,β-unsaturated/α-hetero) is 1. The Morgan fingerprint density at radius 1 is 1.14 bits per heavy atom. The maximum atomic E-state index is 11.7. The number of hydrogen-bond donors (Lipinski definition) is 3. The van der Waals surface area contributed by atoms with Crippen LogP contribution < -0.4 is 5.73 Å². The van der Waals surface area contributed by atoms with E-state index in [4.69, 9.17) is 10.5 Å². The lowest BCUT2D eigenvalue weighted by molar-refractivity contribution is -0.145. The van der Waals surface area contributed by atoms with Crippen LogP contribution in [-0.4, -0.2) is 47.3 Å². The summed E-state index contributed by atoms with van der Waals surface area (Å²) < 4.78 is 4.82. The van der Waals surface area contributed by atoms with Crippen LogP contribution in [0.2, 0.25) is 0 Å². The topological polar surface area (TPSA) is 110 Å². The molecule has 0 amide bonds. The fourth-order valence-corrected chi connectivity index (χ4v) is 1.81. The van der Waals surface area contributed by atoms with E-state index in [1.54, 1.807) is 30.3 Å². The van der Waals surface area contributed by atoms with Crippen molar-refractivity contribution in [2.45, 2.75) is 31.5 Å². The van der Waals surface area contributed by atoms with E-state index in [9.17, 15) is 19.8 Å². The second-order valence-electron chi connectivity index (χ2n) is 4.77. The summed E-state index contributed by atoms with van der Waals surface area (Å²) in [6.07, 6.45) is -1.60. The van der Waals surface area contributed by atoms with Crippen molar-refractivity contribution in [1.82, 2.24) is 0 Å². The minimum absolute atomic E-state index is 0.0545. The summed E-state index contributed by atoms with van der Waals surface area (Å²) in [4.78, 5) is 23.2. The zero-order chi connectivity index (χ0) is 15.7. The Morgan fingerprint density at radius 2 is 1.81 bits per heavy atom. The summed E-state index contributed by atoms with van der Waals surface area (Å²) in [7, 11) is 0. The first kappa shape index (κ1) is 17.3. The Morgan fingerprint density at radius 3 is 2.43 bits per heavy atom. The molecule has 0 heterocycles. The van der Waals surface area contributed by atoms with Gasteiger partial charge < -0.3 is 20.7 Å². The number of aliphatic hydroxyl groups excluding tert-OH is 2. The van der Waals surface area contributed by atoms with Gasteiger partial charge in [-0.1, -0.05) is 30.3 Å². The van der Waals surface area contributed by atoms with Crippen LogP contribution in [0.1, 0.15) is 29.6 Å². The van der Waals surface area contributed by atoms with Crippen molar-refractivity contribution in [3.05, 3.63) is 35.9 Å². The van der Waals surface area contributed by atoms with Gasteiger partial charge in [-0.05, 0) is 19.4 Å². The number of carbonyl (C=O) groups excluding carboxylic acids is 2. The van der Waals surface area contributed by atoms with Gasteiger partial charge in [0.15, 0.2) is 12.4 Å². The lowest BCUT2D eigenvalue weighted by Crippen LogP contribution is -2.24. The molecule has 1 rings (SSSR count). The van der Waals surface area contributed by atoms with Crippen LogP contribution >= 0.6 is 0 Å². The van der Waals surface area contributed by atoms with Crippen molar-refractivity contribution >= 4 is 11.8 Å². The number of aliphatic hydroxyl groups is 2. The average Bonchev–Trinajstić information content (AvgIpc) is 2.45. The Balaban J connectivity index is 2.29. The molecule has 0 aliphatic rings. The summed E-state index contributed by atoms with van der Waals surface area (Å²) in [5.41, 5.74) is 5.73. The number of carbonyl (C=O) groups is 2. The fourth-order valence-electron chi connectivity index (χ4n) is 1.81. The third kappa shape index (κ3) is 6.99. The molecule has 6 heteroatoms. The molecule has 0 spiro atoms. The first-order valence-corrected chi connectivity index (χ1v) is 6.83. The molecule has 2 atom stereocenters. The molecule has 0 saturated heterocycles. The lowest BCUT2D eigenvalue weighted by Gasteiger charge is -2.14. The Labute approximate surface area is 123 Å². The van der Waals surface area contributed by atoms with Gasteiger partial charge in [-0.3, -0.25) is 9.59 Å². The van der Waals surface area contributed by atoms with Gasteiger partial charge >= 0.3 is 5.97 Å². The molecular formula is C15H21NO5. The molecule has 1 aromatic carbocycles. The van der Waals surface area contributed by atoms with Crippen molar-refractivity contribution in [3.8, 4) is 0 Å². The Bertz CT molecular complexity index is 449. The quantitative estimate of drug-likeness (QED) is 0.445. The number of ether oxygens (including phenoxy) is 1. The van der Waals surface area contributed by atoms with Crippen molar-refractivity contribution in [2.24, 2.45) is 5.73 Å². The first-order chi connectivity index (χ1) is 10.0.